The summed E-state index contributed by atoms with van der Waals surface area (Å²) in [6.07, 6.45) is 0. The molecular weight excluding hydrogens is 242 g/mol. The van der Waals surface area contributed by atoms with Crippen molar-refractivity contribution < 1.29 is 0 Å². The summed E-state index contributed by atoms with van der Waals surface area (Å²) in [5.74, 6) is 1.73. The zero-order valence-corrected chi connectivity index (χ0v) is 11.7. The van der Waals surface area contributed by atoms with Gasteiger partial charge >= 0.3 is 0 Å². The van der Waals surface area contributed by atoms with Crippen LogP contribution >= 0.6 is 12.6 Å². The molecule has 2 nitrogen and oxygen atoms in total. The number of hydrogen-bond donors (Lipinski definition) is 1. The average molecular weight is 261 g/mol. The van der Waals surface area contributed by atoms with Crippen molar-refractivity contribution in [1.29, 1.82) is 0 Å². The SMILES string of the molecule is CC(C)C(CS)Cn1c(=O)ccc2ccccc21. The van der Waals surface area contributed by atoms with E-state index >= 15 is 0 Å². The lowest BCUT2D eigenvalue weighted by Gasteiger charge is -2.21. The first-order valence-corrected chi connectivity index (χ1v) is 6.96. The van der Waals surface area contributed by atoms with Gasteiger partial charge in [-0.1, -0.05) is 32.0 Å². The summed E-state index contributed by atoms with van der Waals surface area (Å²) in [4.78, 5) is 12.0. The molecule has 18 heavy (non-hydrogen) atoms. The lowest BCUT2D eigenvalue weighted by atomic mass is 9.97. The van der Waals surface area contributed by atoms with Crippen LogP contribution in [0, 0.1) is 11.8 Å². The maximum atomic E-state index is 12.0. The van der Waals surface area contributed by atoms with Crippen LogP contribution in [-0.4, -0.2) is 10.3 Å². The second-order valence-corrected chi connectivity index (χ2v) is 5.39. The van der Waals surface area contributed by atoms with Crippen molar-refractivity contribution >= 4 is 23.5 Å². The van der Waals surface area contributed by atoms with Gasteiger partial charge in [-0.2, -0.15) is 12.6 Å². The van der Waals surface area contributed by atoms with Gasteiger partial charge in [-0.15, -0.1) is 0 Å². The second-order valence-electron chi connectivity index (χ2n) is 5.03. The third kappa shape index (κ3) is 2.61. The first-order valence-electron chi connectivity index (χ1n) is 6.33. The minimum absolute atomic E-state index is 0.0705. The van der Waals surface area contributed by atoms with E-state index in [9.17, 15) is 4.79 Å². The van der Waals surface area contributed by atoms with Crippen molar-refractivity contribution in [2.45, 2.75) is 20.4 Å². The molecule has 0 bridgehead atoms. The van der Waals surface area contributed by atoms with E-state index in [1.165, 1.54) is 0 Å². The molecule has 0 saturated carbocycles. The fourth-order valence-electron chi connectivity index (χ4n) is 2.15. The molecule has 0 aliphatic carbocycles. The first-order chi connectivity index (χ1) is 8.63. The molecule has 2 aromatic rings. The Morgan fingerprint density at radius 2 is 1.89 bits per heavy atom. The number of pyridine rings is 1. The maximum absolute atomic E-state index is 12.0. The van der Waals surface area contributed by atoms with Crippen LogP contribution in [0.25, 0.3) is 10.9 Å². The van der Waals surface area contributed by atoms with Crippen molar-refractivity contribution in [2.75, 3.05) is 5.75 Å². The molecule has 3 heteroatoms. The van der Waals surface area contributed by atoms with E-state index in [2.05, 4.69) is 26.5 Å². The number of hydrogen-bond acceptors (Lipinski definition) is 2. The standard InChI is InChI=1S/C15H19NOS/c1-11(2)13(10-18)9-16-14-6-4-3-5-12(14)7-8-15(16)17/h3-8,11,13,18H,9-10H2,1-2H3. The monoisotopic (exact) mass is 261 g/mol. The molecule has 1 heterocycles. The van der Waals surface area contributed by atoms with E-state index in [-0.39, 0.29) is 5.56 Å². The van der Waals surface area contributed by atoms with Crippen LogP contribution in [0.15, 0.2) is 41.2 Å². The van der Waals surface area contributed by atoms with E-state index < -0.39 is 0 Å². The predicted molar refractivity (Wildman–Crippen MR) is 80.4 cm³/mol. The van der Waals surface area contributed by atoms with Crippen molar-refractivity contribution in [2.24, 2.45) is 11.8 Å². The summed E-state index contributed by atoms with van der Waals surface area (Å²) in [6, 6.07) is 11.6. The van der Waals surface area contributed by atoms with Crippen LogP contribution in [0.3, 0.4) is 0 Å². The Bertz CT molecular complexity index is 588. The Labute approximate surface area is 113 Å². The van der Waals surface area contributed by atoms with Gasteiger partial charge in [-0.25, -0.2) is 0 Å². The summed E-state index contributed by atoms with van der Waals surface area (Å²) in [5, 5.41) is 1.11. The molecule has 1 aromatic carbocycles. The molecule has 2 rings (SSSR count). The first kappa shape index (κ1) is 13.2. The number of rotatable bonds is 4. The number of para-hydroxylation sites is 1. The van der Waals surface area contributed by atoms with Crippen molar-refractivity contribution in [3.8, 4) is 0 Å². The molecule has 96 valence electrons. The number of benzene rings is 1. The Kier molecular flexibility index (Phi) is 4.12. The summed E-state index contributed by atoms with van der Waals surface area (Å²) in [7, 11) is 0. The lowest BCUT2D eigenvalue weighted by Crippen LogP contribution is -2.26. The van der Waals surface area contributed by atoms with Crippen LogP contribution in [0.5, 0.6) is 0 Å². The second kappa shape index (κ2) is 5.61. The zero-order chi connectivity index (χ0) is 13.1. The van der Waals surface area contributed by atoms with Crippen LogP contribution in [0.2, 0.25) is 0 Å². The smallest absolute Gasteiger partial charge is 0.251 e. The van der Waals surface area contributed by atoms with Gasteiger partial charge in [-0.05, 0) is 35.1 Å². The van der Waals surface area contributed by atoms with E-state index in [4.69, 9.17) is 0 Å². The van der Waals surface area contributed by atoms with Crippen LogP contribution < -0.4 is 5.56 Å². The number of fused-ring (bicyclic) bond motifs is 1. The molecule has 0 aliphatic rings. The third-order valence-electron chi connectivity index (χ3n) is 3.49. The number of aromatic nitrogens is 1. The highest BCUT2D eigenvalue weighted by atomic mass is 32.1. The summed E-state index contributed by atoms with van der Waals surface area (Å²) in [6.45, 7) is 5.09. The highest BCUT2D eigenvalue weighted by Gasteiger charge is 2.14. The molecule has 1 aromatic heterocycles. The molecule has 0 saturated heterocycles. The molecule has 0 fully saturated rings. The third-order valence-corrected chi connectivity index (χ3v) is 3.96. The van der Waals surface area contributed by atoms with Gasteiger partial charge in [0.25, 0.3) is 5.56 Å². The summed E-state index contributed by atoms with van der Waals surface area (Å²) in [5.41, 5.74) is 1.08. The fourth-order valence-corrected chi connectivity index (χ4v) is 2.68. The van der Waals surface area contributed by atoms with Crippen LogP contribution in [0.4, 0.5) is 0 Å². The topological polar surface area (TPSA) is 22.0 Å². The zero-order valence-electron chi connectivity index (χ0n) is 10.8. The van der Waals surface area contributed by atoms with Gasteiger partial charge in [0, 0.05) is 12.6 Å². The van der Waals surface area contributed by atoms with Gasteiger partial charge in [0.05, 0.1) is 5.52 Å². The maximum Gasteiger partial charge on any atom is 0.251 e. The van der Waals surface area contributed by atoms with Gasteiger partial charge < -0.3 is 4.57 Å². The van der Waals surface area contributed by atoms with Crippen molar-refractivity contribution in [3.63, 3.8) is 0 Å². The highest BCUT2D eigenvalue weighted by Crippen LogP contribution is 2.18. The molecule has 0 radical (unpaired) electrons. The van der Waals surface area contributed by atoms with E-state index in [1.54, 1.807) is 6.07 Å². The minimum atomic E-state index is 0.0705. The van der Waals surface area contributed by atoms with E-state index in [0.717, 1.165) is 23.2 Å². The Balaban J connectivity index is 2.49. The minimum Gasteiger partial charge on any atom is -0.308 e. The molecule has 0 aliphatic heterocycles. The molecule has 0 spiro atoms. The highest BCUT2D eigenvalue weighted by molar-refractivity contribution is 7.80. The predicted octanol–water partition coefficient (Wildman–Crippen LogP) is 3.20. The normalized spacial score (nSPS) is 13.1. The Hall–Kier alpha value is -1.22. The quantitative estimate of drug-likeness (QED) is 0.839. The van der Waals surface area contributed by atoms with Gasteiger partial charge in [0.1, 0.15) is 0 Å². The summed E-state index contributed by atoms with van der Waals surface area (Å²) >= 11 is 4.40. The Morgan fingerprint density at radius 3 is 2.56 bits per heavy atom. The van der Waals surface area contributed by atoms with Crippen LogP contribution in [0.1, 0.15) is 13.8 Å². The van der Waals surface area contributed by atoms with Gasteiger partial charge in [0.15, 0.2) is 0 Å². The summed E-state index contributed by atoms with van der Waals surface area (Å²) < 4.78 is 1.87. The van der Waals surface area contributed by atoms with Crippen LogP contribution in [-0.2, 0) is 6.54 Å². The number of thiol groups is 1. The van der Waals surface area contributed by atoms with E-state index in [1.807, 2.05) is 34.9 Å². The molecule has 0 amide bonds. The van der Waals surface area contributed by atoms with Crippen molar-refractivity contribution in [3.05, 3.63) is 46.8 Å². The van der Waals surface area contributed by atoms with Gasteiger partial charge in [0.2, 0.25) is 0 Å². The lowest BCUT2D eigenvalue weighted by molar-refractivity contribution is 0.373. The Morgan fingerprint density at radius 1 is 1.17 bits per heavy atom. The van der Waals surface area contributed by atoms with Crippen molar-refractivity contribution in [1.82, 2.24) is 4.57 Å². The number of nitrogens with zero attached hydrogens (tertiary/aromatic N) is 1. The molecule has 1 atom stereocenters. The molecule has 0 N–H and O–H groups in total. The fraction of sp³-hybridized carbons (Fsp3) is 0.400. The van der Waals surface area contributed by atoms with Gasteiger partial charge in [-0.3, -0.25) is 4.79 Å². The van der Waals surface area contributed by atoms with E-state index in [0.29, 0.717) is 11.8 Å². The largest absolute Gasteiger partial charge is 0.308 e. The average Bonchev–Trinajstić information content (AvgIpc) is 2.37. The molecule has 1 unspecified atom stereocenters. The molecular formula is C15H19NOS.